The van der Waals surface area contributed by atoms with Crippen molar-refractivity contribution in [2.75, 3.05) is 27.0 Å². The molecule has 1 aromatic carbocycles. The van der Waals surface area contributed by atoms with Crippen LogP contribution in [0.15, 0.2) is 23.2 Å². The third-order valence-corrected chi connectivity index (χ3v) is 9.37. The fraction of sp³-hybridized carbons (Fsp3) is 0.680. The van der Waals surface area contributed by atoms with Crippen LogP contribution in [0.4, 0.5) is 13.6 Å². The number of amides is 1. The third-order valence-electron chi connectivity index (χ3n) is 6.20. The highest BCUT2D eigenvalue weighted by atomic mass is 32.2. The Morgan fingerprint density at radius 3 is 2.69 bits per heavy atom. The van der Waals surface area contributed by atoms with Gasteiger partial charge < -0.3 is 14.2 Å². The number of ether oxygens (including phenoxy) is 3. The molecule has 10 heteroatoms. The molecule has 0 spiro atoms. The summed E-state index contributed by atoms with van der Waals surface area (Å²) in [5.41, 5.74) is -2.07. The largest absolute Gasteiger partial charge is 0.443 e. The van der Waals surface area contributed by atoms with Crippen LogP contribution in [0.3, 0.4) is 0 Å². The van der Waals surface area contributed by atoms with Crippen molar-refractivity contribution < 1.29 is 31.9 Å². The number of carbonyl (C=O) groups excluding carboxylic acids is 1. The van der Waals surface area contributed by atoms with Gasteiger partial charge in [0, 0.05) is 33.2 Å². The number of nitrogens with zero attached hydrogens (tertiary/aromatic N) is 2. The van der Waals surface area contributed by atoms with Gasteiger partial charge in [0.25, 0.3) is 0 Å². The van der Waals surface area contributed by atoms with Crippen molar-refractivity contribution >= 4 is 31.1 Å². The molecule has 35 heavy (non-hydrogen) atoms. The van der Waals surface area contributed by atoms with Crippen LogP contribution < -0.4 is 0 Å². The van der Waals surface area contributed by atoms with Crippen molar-refractivity contribution in [1.29, 1.82) is 0 Å². The first-order valence-electron chi connectivity index (χ1n) is 13.2. The summed E-state index contributed by atoms with van der Waals surface area (Å²) >= 11 is 1.19. The second-order valence-corrected chi connectivity index (χ2v) is 18.6. The van der Waals surface area contributed by atoms with E-state index in [1.807, 2.05) is 0 Å². The minimum Gasteiger partial charge on any atom is -0.443 e. The number of amidine groups is 1. The van der Waals surface area contributed by atoms with E-state index in [1.165, 1.54) is 28.8 Å². The Kier molecular flexibility index (Phi) is 6.89. The number of hydrogen-bond donors (Lipinski definition) is 0. The van der Waals surface area contributed by atoms with E-state index in [0.29, 0.717) is 13.0 Å². The van der Waals surface area contributed by atoms with Crippen molar-refractivity contribution in [3.8, 4) is 0 Å². The lowest BCUT2D eigenvalue weighted by molar-refractivity contribution is 0.0109. The first-order valence-corrected chi connectivity index (χ1v) is 16.2. The van der Waals surface area contributed by atoms with Gasteiger partial charge in [0.05, 0.1) is 21.0 Å². The Balaban J connectivity index is 2.03. The smallest absolute Gasteiger partial charge is 0.418 e. The first-order chi connectivity index (χ1) is 17.3. The maximum atomic E-state index is 15.1. The molecular weight excluding hydrogens is 490 g/mol. The minimum absolute atomic E-state index is 0.0276. The lowest BCUT2D eigenvalue weighted by Gasteiger charge is -2.38. The highest BCUT2D eigenvalue weighted by Crippen LogP contribution is 2.66. The molecule has 6 nitrogen and oxygen atoms in total. The fourth-order valence-corrected chi connectivity index (χ4v) is 6.53. The van der Waals surface area contributed by atoms with E-state index in [4.69, 9.17) is 23.3 Å². The zero-order valence-corrected chi connectivity index (χ0v) is 23.4. The van der Waals surface area contributed by atoms with Crippen LogP contribution in [0.5, 0.6) is 0 Å². The number of rotatable bonds is 8. The van der Waals surface area contributed by atoms with Gasteiger partial charge in [0.15, 0.2) is 16.8 Å². The molecule has 2 aliphatic rings. The zero-order chi connectivity index (χ0) is 28.7. The van der Waals surface area contributed by atoms with E-state index in [1.54, 1.807) is 27.7 Å². The highest BCUT2D eigenvalue weighted by molar-refractivity contribution is 8.15. The van der Waals surface area contributed by atoms with Crippen molar-refractivity contribution in [3.05, 3.63) is 35.4 Å². The summed E-state index contributed by atoms with van der Waals surface area (Å²) in [7, 11) is -4.04. The molecule has 1 aliphatic carbocycles. The summed E-state index contributed by atoms with van der Waals surface area (Å²) in [6, 6.07) is 4.77. The van der Waals surface area contributed by atoms with Gasteiger partial charge in [-0.15, -0.1) is 0 Å². The summed E-state index contributed by atoms with van der Waals surface area (Å²) in [5.74, 6) is -2.39. The van der Waals surface area contributed by atoms with Gasteiger partial charge >= 0.3 is 6.09 Å². The molecule has 0 radical (unpaired) electrons. The number of methoxy groups -OCH3 is 1. The molecule has 0 bridgehead atoms. The molecule has 0 saturated heterocycles. The predicted molar refractivity (Wildman–Crippen MR) is 138 cm³/mol. The van der Waals surface area contributed by atoms with Crippen LogP contribution in [-0.2, 0) is 19.7 Å². The highest BCUT2D eigenvalue weighted by Gasteiger charge is 2.67. The summed E-state index contributed by atoms with van der Waals surface area (Å²) in [5, 5.41) is 0.182. The summed E-state index contributed by atoms with van der Waals surface area (Å²) in [6.07, 6.45) is -0.268. The van der Waals surface area contributed by atoms with Crippen LogP contribution >= 0.6 is 11.8 Å². The van der Waals surface area contributed by atoms with Gasteiger partial charge in [0.1, 0.15) is 12.3 Å². The van der Waals surface area contributed by atoms with Crippen LogP contribution in [0.1, 0.15) is 43.8 Å². The number of halogens is 2. The number of benzene rings is 1. The molecule has 1 heterocycles. The van der Waals surface area contributed by atoms with Gasteiger partial charge in [-0.3, -0.25) is 4.99 Å². The first kappa shape index (κ1) is 23.9. The predicted octanol–water partition coefficient (Wildman–Crippen LogP) is 6.24. The summed E-state index contributed by atoms with van der Waals surface area (Å²) < 4.78 is 67.8. The van der Waals surface area contributed by atoms with Gasteiger partial charge in [0.2, 0.25) is 0 Å². The molecule has 0 N–H and O–H groups in total. The van der Waals surface area contributed by atoms with Crippen molar-refractivity contribution in [2.24, 2.45) is 10.9 Å². The lowest BCUT2D eigenvalue weighted by atomic mass is 9.85. The molecule has 3 rings (SSSR count). The van der Waals surface area contributed by atoms with Crippen molar-refractivity contribution in [2.45, 2.75) is 75.7 Å². The number of hydrogen-bond acceptors (Lipinski definition) is 6. The van der Waals surface area contributed by atoms with Crippen LogP contribution in [-0.4, -0.2) is 61.6 Å². The number of fused-ring (bicyclic) bond motifs is 1. The standard InChI is InChI=1S/C25H38F2N2O4SSi/c1-23(2,3)33-22(30)29(16-32-12-13-35(6,7)8)21-28-24(4,17-10-9-11-18(26)20(17)27)19-14-25(19,34-21)15-31-5/h9-11,19H,12-16H2,1-8H3/t19-,24+,25+/m0/s1/i5D3. The third kappa shape index (κ3) is 6.45. The molecular formula is C25H38F2N2O4SSi. The Morgan fingerprint density at radius 1 is 1.34 bits per heavy atom. The summed E-state index contributed by atoms with van der Waals surface area (Å²) in [6.45, 7) is 13.6. The van der Waals surface area contributed by atoms with E-state index in [2.05, 4.69) is 19.6 Å². The van der Waals surface area contributed by atoms with Crippen molar-refractivity contribution in [1.82, 2.24) is 4.90 Å². The summed E-state index contributed by atoms with van der Waals surface area (Å²) in [4.78, 5) is 19.4. The van der Waals surface area contributed by atoms with Gasteiger partial charge in [-0.05, 0) is 46.2 Å². The number of thioether (sulfide) groups is 1. The van der Waals surface area contributed by atoms with Gasteiger partial charge in [-0.1, -0.05) is 43.5 Å². The lowest BCUT2D eigenvalue weighted by Crippen LogP contribution is -2.46. The van der Waals surface area contributed by atoms with Crippen LogP contribution in [0.25, 0.3) is 0 Å². The van der Waals surface area contributed by atoms with Crippen molar-refractivity contribution in [3.63, 3.8) is 0 Å². The topological polar surface area (TPSA) is 60.4 Å². The quantitative estimate of drug-likeness (QED) is 0.226. The number of aliphatic imine (C=N–C) groups is 1. The Labute approximate surface area is 217 Å². The fourth-order valence-electron chi connectivity index (χ4n) is 4.20. The molecule has 0 unspecified atom stereocenters. The molecule has 196 valence electrons. The molecule has 1 fully saturated rings. The Bertz CT molecular complexity index is 1080. The second-order valence-electron chi connectivity index (χ2n) is 11.6. The van der Waals surface area contributed by atoms with E-state index in [0.717, 1.165) is 12.1 Å². The molecule has 1 saturated carbocycles. The van der Waals surface area contributed by atoms with Crippen LogP contribution in [0.2, 0.25) is 25.7 Å². The Hall–Kier alpha value is -1.49. The minimum atomic E-state index is -2.64. The second kappa shape index (κ2) is 10.1. The van der Waals surface area contributed by atoms with E-state index < -0.39 is 48.7 Å². The maximum absolute atomic E-state index is 15.1. The number of carbonyl (C=O) groups is 1. The van der Waals surface area contributed by atoms with Gasteiger partial charge in [-0.2, -0.15) is 0 Å². The monoisotopic (exact) mass is 531 g/mol. The van der Waals surface area contributed by atoms with E-state index in [9.17, 15) is 9.18 Å². The van der Waals surface area contributed by atoms with E-state index in [-0.39, 0.29) is 30.0 Å². The Morgan fingerprint density at radius 2 is 2.06 bits per heavy atom. The maximum Gasteiger partial charge on any atom is 0.418 e. The SMILES string of the molecule is [2H]C([2H])([2H])OC[C@]12C[C@H]1[C@@](C)(c1cccc(F)c1F)N=C(N(COCC[Si](C)(C)C)C(=O)OC(C)(C)C)S2. The molecule has 0 aromatic heterocycles. The zero-order valence-electron chi connectivity index (χ0n) is 24.5. The molecule has 1 aliphatic heterocycles. The normalized spacial score (nSPS) is 27.7. The molecule has 1 amide bonds. The van der Waals surface area contributed by atoms with Gasteiger partial charge in [-0.25, -0.2) is 18.5 Å². The van der Waals surface area contributed by atoms with E-state index >= 15 is 4.39 Å². The molecule has 3 atom stereocenters. The average Bonchev–Trinajstić information content (AvgIpc) is 3.48. The molecule has 1 aromatic rings. The van der Waals surface area contributed by atoms with Crippen LogP contribution in [0, 0.1) is 17.6 Å². The average molecular weight is 532 g/mol.